The summed E-state index contributed by atoms with van der Waals surface area (Å²) in [6, 6.07) is 0. The molecule has 0 radical (unpaired) electrons. The second-order valence-electron chi connectivity index (χ2n) is 4.22. The van der Waals surface area contributed by atoms with Crippen LogP contribution in [0.3, 0.4) is 0 Å². The van der Waals surface area contributed by atoms with Gasteiger partial charge in [0.05, 0.1) is 0 Å². The van der Waals surface area contributed by atoms with Gasteiger partial charge < -0.3 is 5.32 Å². The summed E-state index contributed by atoms with van der Waals surface area (Å²) in [5.74, 6) is -0.481. The zero-order valence-corrected chi connectivity index (χ0v) is 11.3. The van der Waals surface area contributed by atoms with Crippen LogP contribution in [-0.2, 0) is 14.4 Å². The van der Waals surface area contributed by atoms with E-state index in [9.17, 15) is 14.4 Å². The highest BCUT2D eigenvalue weighted by Crippen LogP contribution is 2.15. The lowest BCUT2D eigenvalue weighted by Gasteiger charge is -2.12. The number of aryl methyl sites for hydroxylation is 1. The second-order valence-corrected chi connectivity index (χ2v) is 5.40. The first-order valence-corrected chi connectivity index (χ1v) is 6.81. The topological polar surface area (TPSA) is 92.3 Å². The molecule has 8 heteroatoms. The van der Waals surface area contributed by atoms with Crippen LogP contribution < -0.4 is 5.32 Å². The van der Waals surface area contributed by atoms with Crippen LogP contribution in [0.15, 0.2) is 0 Å². The first-order valence-electron chi connectivity index (χ1n) is 5.99. The molecule has 2 heterocycles. The van der Waals surface area contributed by atoms with Gasteiger partial charge in [-0.05, 0) is 13.3 Å². The molecule has 1 saturated heterocycles. The molecule has 19 heavy (non-hydrogen) atoms. The molecule has 3 amide bonds. The van der Waals surface area contributed by atoms with Gasteiger partial charge in [-0.1, -0.05) is 11.3 Å². The molecular weight excluding hydrogens is 268 g/mol. The van der Waals surface area contributed by atoms with Gasteiger partial charge in [0.15, 0.2) is 0 Å². The first-order chi connectivity index (χ1) is 9.06. The molecule has 0 unspecified atom stereocenters. The summed E-state index contributed by atoms with van der Waals surface area (Å²) >= 11 is 1.30. The lowest BCUT2D eigenvalue weighted by Crippen LogP contribution is -2.30. The predicted molar refractivity (Wildman–Crippen MR) is 68.5 cm³/mol. The molecule has 7 nitrogen and oxygen atoms in total. The van der Waals surface area contributed by atoms with Gasteiger partial charge >= 0.3 is 0 Å². The Morgan fingerprint density at radius 2 is 2.00 bits per heavy atom. The number of carbonyl (C=O) groups excluding carboxylic acids is 3. The van der Waals surface area contributed by atoms with Crippen LogP contribution in [0.1, 0.15) is 30.7 Å². The third-order valence-electron chi connectivity index (χ3n) is 2.71. The SMILES string of the molecule is Cc1nnc(NC(=O)CCCN2C(=O)CCC2=O)s1. The van der Waals surface area contributed by atoms with Gasteiger partial charge in [-0.3, -0.25) is 19.3 Å². The summed E-state index contributed by atoms with van der Waals surface area (Å²) in [5, 5.41) is 11.5. The number of nitrogens with one attached hydrogen (secondary N) is 1. The van der Waals surface area contributed by atoms with E-state index in [0.29, 0.717) is 18.1 Å². The van der Waals surface area contributed by atoms with Crippen molar-refractivity contribution in [1.82, 2.24) is 15.1 Å². The first kappa shape index (κ1) is 13.6. The van der Waals surface area contributed by atoms with Crippen molar-refractivity contribution >= 4 is 34.2 Å². The number of anilines is 1. The molecule has 1 aromatic heterocycles. The van der Waals surface area contributed by atoms with E-state index in [-0.39, 0.29) is 37.0 Å². The predicted octanol–water partition coefficient (Wildman–Crippen LogP) is 0.714. The van der Waals surface area contributed by atoms with Gasteiger partial charge in [-0.25, -0.2) is 0 Å². The Kier molecular flexibility index (Phi) is 4.20. The summed E-state index contributed by atoms with van der Waals surface area (Å²) in [7, 11) is 0. The van der Waals surface area contributed by atoms with Crippen molar-refractivity contribution in [2.24, 2.45) is 0 Å². The minimum Gasteiger partial charge on any atom is -0.301 e. The summed E-state index contributed by atoms with van der Waals surface area (Å²) in [5.41, 5.74) is 0. The Labute approximate surface area is 114 Å². The monoisotopic (exact) mass is 282 g/mol. The number of hydrogen-bond acceptors (Lipinski definition) is 6. The Hall–Kier alpha value is -1.83. The highest BCUT2D eigenvalue weighted by Gasteiger charge is 2.28. The van der Waals surface area contributed by atoms with Crippen molar-refractivity contribution in [1.29, 1.82) is 0 Å². The average molecular weight is 282 g/mol. The van der Waals surface area contributed by atoms with Crippen LogP contribution in [0.4, 0.5) is 5.13 Å². The molecule has 0 bridgehead atoms. The van der Waals surface area contributed by atoms with E-state index in [0.717, 1.165) is 5.01 Å². The smallest absolute Gasteiger partial charge is 0.229 e. The van der Waals surface area contributed by atoms with Gasteiger partial charge in [0.2, 0.25) is 22.9 Å². The molecule has 0 spiro atoms. The Morgan fingerprint density at radius 3 is 2.58 bits per heavy atom. The van der Waals surface area contributed by atoms with Crippen LogP contribution in [0.25, 0.3) is 0 Å². The number of aromatic nitrogens is 2. The zero-order chi connectivity index (χ0) is 13.8. The fourth-order valence-corrected chi connectivity index (χ4v) is 2.41. The quantitative estimate of drug-likeness (QED) is 0.803. The fraction of sp³-hybridized carbons (Fsp3) is 0.545. The minimum atomic E-state index is -0.185. The van der Waals surface area contributed by atoms with E-state index < -0.39 is 0 Å². The van der Waals surface area contributed by atoms with Gasteiger partial charge in [0.1, 0.15) is 5.01 Å². The van der Waals surface area contributed by atoms with Crippen LogP contribution in [0.5, 0.6) is 0 Å². The summed E-state index contributed by atoms with van der Waals surface area (Å²) in [6.45, 7) is 2.11. The Balaban J connectivity index is 1.72. The minimum absolute atomic E-state index is 0.148. The van der Waals surface area contributed by atoms with E-state index >= 15 is 0 Å². The van der Waals surface area contributed by atoms with Crippen LogP contribution in [-0.4, -0.2) is 39.4 Å². The molecule has 102 valence electrons. The van der Waals surface area contributed by atoms with Gasteiger partial charge in [-0.2, -0.15) is 0 Å². The van der Waals surface area contributed by atoms with Crippen molar-refractivity contribution < 1.29 is 14.4 Å². The molecule has 1 N–H and O–H groups in total. The summed E-state index contributed by atoms with van der Waals surface area (Å²) in [6.07, 6.45) is 1.28. The molecule has 1 aliphatic heterocycles. The normalized spacial score (nSPS) is 15.1. The molecule has 0 saturated carbocycles. The van der Waals surface area contributed by atoms with E-state index in [2.05, 4.69) is 15.5 Å². The highest BCUT2D eigenvalue weighted by atomic mass is 32.1. The van der Waals surface area contributed by atoms with Crippen LogP contribution in [0, 0.1) is 6.92 Å². The molecule has 0 aromatic carbocycles. The van der Waals surface area contributed by atoms with Gasteiger partial charge in [-0.15, -0.1) is 10.2 Å². The van der Waals surface area contributed by atoms with Crippen molar-refractivity contribution in [2.75, 3.05) is 11.9 Å². The van der Waals surface area contributed by atoms with Crippen LogP contribution in [0.2, 0.25) is 0 Å². The number of nitrogens with zero attached hydrogens (tertiary/aromatic N) is 3. The standard InChI is InChI=1S/C11H14N4O3S/c1-7-13-14-11(19-7)12-8(16)3-2-6-15-9(17)4-5-10(15)18/h2-6H2,1H3,(H,12,14,16). The number of imide groups is 1. The molecular formula is C11H14N4O3S. The molecule has 1 aliphatic rings. The van der Waals surface area contributed by atoms with E-state index in [4.69, 9.17) is 0 Å². The summed E-state index contributed by atoms with van der Waals surface area (Å²) in [4.78, 5) is 35.5. The fourth-order valence-electron chi connectivity index (χ4n) is 1.80. The third-order valence-corrected chi connectivity index (χ3v) is 3.47. The third kappa shape index (κ3) is 3.57. The average Bonchev–Trinajstić information content (AvgIpc) is 2.89. The highest BCUT2D eigenvalue weighted by molar-refractivity contribution is 7.15. The summed E-state index contributed by atoms with van der Waals surface area (Å²) < 4.78 is 0. The number of rotatable bonds is 5. The van der Waals surface area contributed by atoms with E-state index in [1.807, 2.05) is 0 Å². The van der Waals surface area contributed by atoms with Crippen molar-refractivity contribution in [3.05, 3.63) is 5.01 Å². The van der Waals surface area contributed by atoms with Crippen molar-refractivity contribution in [3.8, 4) is 0 Å². The number of likely N-dealkylation sites (tertiary alicyclic amines) is 1. The molecule has 1 fully saturated rings. The largest absolute Gasteiger partial charge is 0.301 e. The maximum atomic E-state index is 11.6. The Morgan fingerprint density at radius 1 is 1.32 bits per heavy atom. The lowest BCUT2D eigenvalue weighted by atomic mass is 10.3. The Bertz CT molecular complexity index is 498. The van der Waals surface area contributed by atoms with Crippen molar-refractivity contribution in [2.45, 2.75) is 32.6 Å². The molecule has 0 atom stereocenters. The number of hydrogen-bond donors (Lipinski definition) is 1. The maximum Gasteiger partial charge on any atom is 0.229 e. The second kappa shape index (κ2) is 5.87. The molecule has 0 aliphatic carbocycles. The maximum absolute atomic E-state index is 11.6. The van der Waals surface area contributed by atoms with E-state index in [1.54, 1.807) is 6.92 Å². The zero-order valence-electron chi connectivity index (χ0n) is 10.5. The lowest BCUT2D eigenvalue weighted by molar-refractivity contribution is -0.138. The van der Waals surface area contributed by atoms with Crippen LogP contribution >= 0.6 is 11.3 Å². The number of amides is 3. The van der Waals surface area contributed by atoms with E-state index in [1.165, 1.54) is 16.2 Å². The number of carbonyl (C=O) groups is 3. The molecule has 2 rings (SSSR count). The van der Waals surface area contributed by atoms with Gasteiger partial charge in [0, 0.05) is 25.8 Å². The van der Waals surface area contributed by atoms with Gasteiger partial charge in [0.25, 0.3) is 0 Å². The molecule has 1 aromatic rings. The van der Waals surface area contributed by atoms with Crippen molar-refractivity contribution in [3.63, 3.8) is 0 Å².